The van der Waals surface area contributed by atoms with Gasteiger partial charge in [-0.3, -0.25) is 4.79 Å². The van der Waals surface area contributed by atoms with Crippen LogP contribution in [0.4, 0.5) is 11.5 Å². The Morgan fingerprint density at radius 1 is 1.11 bits per heavy atom. The fourth-order valence-corrected chi connectivity index (χ4v) is 2.88. The summed E-state index contributed by atoms with van der Waals surface area (Å²) in [7, 11) is 0. The van der Waals surface area contributed by atoms with Gasteiger partial charge in [0.2, 0.25) is 5.91 Å². The molecule has 7 heteroatoms. The number of hydrogen-bond donors (Lipinski definition) is 1. The van der Waals surface area contributed by atoms with E-state index in [1.54, 1.807) is 6.20 Å². The second-order valence-corrected chi connectivity index (χ2v) is 6.41. The molecule has 0 bridgehead atoms. The number of morpholine rings is 1. The Bertz CT molecular complexity index is 728. The fraction of sp³-hybridized carbons (Fsp3) is 0.429. The maximum Gasteiger partial charge on any atom is 0.224 e. The first-order valence-corrected chi connectivity index (χ1v) is 9.69. The molecule has 0 saturated carbocycles. The van der Waals surface area contributed by atoms with E-state index < -0.39 is 0 Å². The van der Waals surface area contributed by atoms with Gasteiger partial charge in [0.15, 0.2) is 0 Å². The number of rotatable bonds is 9. The molecule has 1 saturated heterocycles. The fourth-order valence-electron chi connectivity index (χ4n) is 2.88. The molecule has 1 fully saturated rings. The minimum Gasteiger partial charge on any atom is -0.494 e. The normalized spacial score (nSPS) is 13.8. The van der Waals surface area contributed by atoms with Crippen LogP contribution in [0.1, 0.15) is 19.8 Å². The molecule has 0 atom stereocenters. The van der Waals surface area contributed by atoms with E-state index in [1.807, 2.05) is 43.3 Å². The van der Waals surface area contributed by atoms with Crippen LogP contribution in [0.2, 0.25) is 0 Å². The lowest BCUT2D eigenvalue weighted by atomic mass is 10.3. The molecule has 1 aromatic heterocycles. The first kappa shape index (κ1) is 19.9. The Labute approximate surface area is 165 Å². The van der Waals surface area contributed by atoms with Crippen LogP contribution in [0.3, 0.4) is 0 Å². The van der Waals surface area contributed by atoms with Crippen LogP contribution < -0.4 is 19.7 Å². The average Bonchev–Trinajstić information content (AvgIpc) is 2.74. The Morgan fingerprint density at radius 2 is 1.82 bits per heavy atom. The zero-order chi connectivity index (χ0) is 19.6. The summed E-state index contributed by atoms with van der Waals surface area (Å²) < 4.78 is 16.4. The highest BCUT2D eigenvalue weighted by Gasteiger charge is 2.12. The van der Waals surface area contributed by atoms with E-state index in [0.29, 0.717) is 31.7 Å². The summed E-state index contributed by atoms with van der Waals surface area (Å²) in [6, 6.07) is 11.3. The summed E-state index contributed by atoms with van der Waals surface area (Å²) in [4.78, 5) is 18.7. The number of carbonyl (C=O) groups excluding carboxylic acids is 1. The maximum atomic E-state index is 12.1. The van der Waals surface area contributed by atoms with Gasteiger partial charge < -0.3 is 24.4 Å². The zero-order valence-electron chi connectivity index (χ0n) is 16.2. The van der Waals surface area contributed by atoms with Gasteiger partial charge >= 0.3 is 0 Å². The van der Waals surface area contributed by atoms with Gasteiger partial charge in [-0.15, -0.1) is 0 Å². The predicted molar refractivity (Wildman–Crippen MR) is 108 cm³/mol. The van der Waals surface area contributed by atoms with Gasteiger partial charge in [-0.1, -0.05) is 0 Å². The minimum absolute atomic E-state index is 0.0452. The molecule has 1 aromatic carbocycles. The number of nitrogens with zero attached hydrogens (tertiary/aromatic N) is 2. The topological polar surface area (TPSA) is 72.9 Å². The summed E-state index contributed by atoms with van der Waals surface area (Å²) >= 11 is 0. The highest BCUT2D eigenvalue weighted by Crippen LogP contribution is 2.18. The first-order chi connectivity index (χ1) is 13.7. The SMILES string of the molecule is CCOc1ccc(OCCCC(=O)Nc2ccc(N3CCOCC3)nc2)cc1. The van der Waals surface area contributed by atoms with Crippen molar-refractivity contribution in [1.29, 1.82) is 0 Å². The highest BCUT2D eigenvalue weighted by molar-refractivity contribution is 5.90. The predicted octanol–water partition coefficient (Wildman–Crippen LogP) is 3.11. The molecule has 0 aliphatic carbocycles. The molecular weight excluding hydrogens is 358 g/mol. The lowest BCUT2D eigenvalue weighted by Gasteiger charge is -2.27. The zero-order valence-corrected chi connectivity index (χ0v) is 16.2. The second-order valence-electron chi connectivity index (χ2n) is 6.41. The Hall–Kier alpha value is -2.80. The standard InChI is InChI=1S/C21H27N3O4/c1-2-27-18-6-8-19(9-7-18)28-13-3-4-21(25)23-17-5-10-20(22-16-17)24-11-14-26-15-12-24/h5-10,16H,2-4,11-15H2,1H3,(H,23,25). The highest BCUT2D eigenvalue weighted by atomic mass is 16.5. The quantitative estimate of drug-likeness (QED) is 0.669. The number of amides is 1. The van der Waals surface area contributed by atoms with Crippen LogP contribution in [-0.2, 0) is 9.53 Å². The van der Waals surface area contributed by atoms with Crippen LogP contribution in [0.5, 0.6) is 11.5 Å². The van der Waals surface area contributed by atoms with Gasteiger partial charge in [-0.05, 0) is 49.7 Å². The molecule has 0 radical (unpaired) electrons. The molecule has 28 heavy (non-hydrogen) atoms. The van der Waals surface area contributed by atoms with E-state index in [4.69, 9.17) is 14.2 Å². The Morgan fingerprint density at radius 3 is 2.46 bits per heavy atom. The number of anilines is 2. The van der Waals surface area contributed by atoms with Gasteiger partial charge in [-0.2, -0.15) is 0 Å². The monoisotopic (exact) mass is 385 g/mol. The van der Waals surface area contributed by atoms with Crippen LogP contribution in [0.15, 0.2) is 42.6 Å². The van der Waals surface area contributed by atoms with Crippen molar-refractivity contribution in [3.63, 3.8) is 0 Å². The Kier molecular flexibility index (Phi) is 7.49. The molecule has 0 spiro atoms. The molecule has 3 rings (SSSR count). The molecule has 0 unspecified atom stereocenters. The van der Waals surface area contributed by atoms with Crippen LogP contribution in [0, 0.1) is 0 Å². The number of pyridine rings is 1. The summed E-state index contributed by atoms with van der Waals surface area (Å²) in [5.74, 6) is 2.45. The van der Waals surface area contributed by atoms with Crippen molar-refractivity contribution in [2.45, 2.75) is 19.8 Å². The van der Waals surface area contributed by atoms with Gasteiger partial charge in [0.1, 0.15) is 17.3 Å². The van der Waals surface area contributed by atoms with Gasteiger partial charge in [-0.25, -0.2) is 4.98 Å². The number of aromatic nitrogens is 1. The largest absolute Gasteiger partial charge is 0.494 e. The number of hydrogen-bond acceptors (Lipinski definition) is 6. The second kappa shape index (κ2) is 10.5. The van der Waals surface area contributed by atoms with Gasteiger partial charge in [0, 0.05) is 19.5 Å². The molecule has 2 aromatic rings. The molecule has 150 valence electrons. The number of nitrogens with one attached hydrogen (secondary N) is 1. The minimum atomic E-state index is -0.0452. The van der Waals surface area contributed by atoms with E-state index in [-0.39, 0.29) is 5.91 Å². The van der Waals surface area contributed by atoms with Gasteiger partial charge in [0.05, 0.1) is 38.3 Å². The molecule has 1 aliphatic heterocycles. The average molecular weight is 385 g/mol. The molecular formula is C21H27N3O4. The van der Waals surface area contributed by atoms with E-state index >= 15 is 0 Å². The van der Waals surface area contributed by atoms with Crippen LogP contribution in [-0.4, -0.2) is 50.4 Å². The van der Waals surface area contributed by atoms with Crippen LogP contribution >= 0.6 is 0 Å². The third-order valence-corrected chi connectivity index (χ3v) is 4.32. The third kappa shape index (κ3) is 6.13. The van der Waals surface area contributed by atoms with Crippen molar-refractivity contribution in [2.75, 3.05) is 49.7 Å². The van der Waals surface area contributed by atoms with Gasteiger partial charge in [0.25, 0.3) is 0 Å². The maximum absolute atomic E-state index is 12.1. The number of carbonyl (C=O) groups is 1. The summed E-state index contributed by atoms with van der Waals surface area (Å²) in [6.45, 7) is 6.19. The van der Waals surface area contributed by atoms with Crippen molar-refractivity contribution in [3.05, 3.63) is 42.6 Å². The lowest BCUT2D eigenvalue weighted by molar-refractivity contribution is -0.116. The molecule has 1 aliphatic rings. The van der Waals surface area contributed by atoms with Crippen molar-refractivity contribution in [2.24, 2.45) is 0 Å². The third-order valence-electron chi connectivity index (χ3n) is 4.32. The van der Waals surface area contributed by atoms with Crippen molar-refractivity contribution < 1.29 is 19.0 Å². The molecule has 1 amide bonds. The number of ether oxygens (including phenoxy) is 3. The van der Waals surface area contributed by atoms with E-state index in [2.05, 4.69) is 15.2 Å². The lowest BCUT2D eigenvalue weighted by Crippen LogP contribution is -2.36. The molecule has 1 N–H and O–H groups in total. The summed E-state index contributed by atoms with van der Waals surface area (Å²) in [5, 5.41) is 2.88. The van der Waals surface area contributed by atoms with E-state index in [9.17, 15) is 4.79 Å². The Balaban J connectivity index is 1.36. The van der Waals surface area contributed by atoms with Crippen molar-refractivity contribution in [1.82, 2.24) is 4.98 Å². The molecule has 7 nitrogen and oxygen atoms in total. The first-order valence-electron chi connectivity index (χ1n) is 9.69. The summed E-state index contributed by atoms with van der Waals surface area (Å²) in [6.07, 6.45) is 2.72. The van der Waals surface area contributed by atoms with Crippen LogP contribution in [0.25, 0.3) is 0 Å². The van der Waals surface area contributed by atoms with Crippen molar-refractivity contribution in [3.8, 4) is 11.5 Å². The van der Waals surface area contributed by atoms with E-state index in [1.165, 1.54) is 0 Å². The smallest absolute Gasteiger partial charge is 0.224 e. The number of benzene rings is 1. The summed E-state index contributed by atoms with van der Waals surface area (Å²) in [5.41, 5.74) is 0.703. The van der Waals surface area contributed by atoms with Crippen molar-refractivity contribution >= 4 is 17.4 Å². The van der Waals surface area contributed by atoms with E-state index in [0.717, 1.165) is 43.6 Å². The molecule has 2 heterocycles.